The highest BCUT2D eigenvalue weighted by Gasteiger charge is 2.04. The number of rotatable bonds is 4. The highest BCUT2D eigenvalue weighted by atomic mass is 35.5. The number of carbonyl (C=O) groups excluding carboxylic acids is 1. The molecule has 1 amide bonds. The second-order valence-electron chi connectivity index (χ2n) is 3.44. The minimum absolute atomic E-state index is 0.124. The third kappa shape index (κ3) is 3.29. The fourth-order valence-corrected chi connectivity index (χ4v) is 1.48. The Labute approximate surface area is 103 Å². The topological polar surface area (TPSA) is 70.7 Å². The van der Waals surface area contributed by atoms with E-state index in [1.807, 2.05) is 0 Å². The molecule has 0 aliphatic rings. The first-order chi connectivity index (χ1) is 8.25. The lowest BCUT2D eigenvalue weighted by molar-refractivity contribution is 0.0954. The van der Waals surface area contributed by atoms with Crippen LogP contribution < -0.4 is 5.32 Å². The van der Waals surface area contributed by atoms with Gasteiger partial charge in [-0.15, -0.1) is 0 Å². The monoisotopic (exact) mass is 250 g/mol. The molecule has 0 saturated heterocycles. The van der Waals surface area contributed by atoms with Crippen molar-refractivity contribution in [1.29, 1.82) is 0 Å². The molecule has 2 N–H and O–H groups in total. The Balaban J connectivity index is 1.83. The summed E-state index contributed by atoms with van der Waals surface area (Å²) in [6.45, 7) is 0.511. The van der Waals surface area contributed by atoms with Gasteiger partial charge in [-0.25, -0.2) is 4.98 Å². The minimum atomic E-state index is -0.124. The van der Waals surface area contributed by atoms with Crippen molar-refractivity contribution < 1.29 is 4.79 Å². The van der Waals surface area contributed by atoms with Gasteiger partial charge in [0.1, 0.15) is 12.2 Å². The number of hydrogen-bond acceptors (Lipinski definition) is 3. The van der Waals surface area contributed by atoms with Gasteiger partial charge in [0.2, 0.25) is 0 Å². The van der Waals surface area contributed by atoms with Crippen molar-refractivity contribution in [2.24, 2.45) is 0 Å². The van der Waals surface area contributed by atoms with Crippen LogP contribution in [0.4, 0.5) is 0 Å². The Bertz CT molecular complexity index is 481. The fraction of sp³-hybridized carbons (Fsp3) is 0.182. The number of H-pyrrole nitrogens is 1. The van der Waals surface area contributed by atoms with Crippen molar-refractivity contribution in [3.8, 4) is 0 Å². The third-order valence-corrected chi connectivity index (χ3v) is 2.47. The smallest absolute Gasteiger partial charge is 0.251 e. The van der Waals surface area contributed by atoms with Gasteiger partial charge in [-0.2, -0.15) is 5.10 Å². The number of hydrogen-bond donors (Lipinski definition) is 2. The van der Waals surface area contributed by atoms with E-state index in [4.69, 9.17) is 11.6 Å². The summed E-state index contributed by atoms with van der Waals surface area (Å²) >= 11 is 5.74. The number of nitrogens with one attached hydrogen (secondary N) is 2. The van der Waals surface area contributed by atoms with Crippen LogP contribution in [-0.4, -0.2) is 27.6 Å². The molecule has 5 nitrogen and oxygen atoms in total. The van der Waals surface area contributed by atoms with Gasteiger partial charge in [-0.3, -0.25) is 9.89 Å². The average Bonchev–Trinajstić information content (AvgIpc) is 2.83. The predicted molar refractivity (Wildman–Crippen MR) is 63.9 cm³/mol. The van der Waals surface area contributed by atoms with E-state index in [1.54, 1.807) is 24.3 Å². The Morgan fingerprint density at radius 2 is 2.12 bits per heavy atom. The largest absolute Gasteiger partial charge is 0.352 e. The van der Waals surface area contributed by atoms with E-state index in [2.05, 4.69) is 20.5 Å². The average molecular weight is 251 g/mol. The lowest BCUT2D eigenvalue weighted by atomic mass is 10.2. The lowest BCUT2D eigenvalue weighted by Crippen LogP contribution is -2.25. The molecule has 6 heteroatoms. The summed E-state index contributed by atoms with van der Waals surface area (Å²) in [5.74, 6) is 0.627. The Morgan fingerprint density at radius 1 is 1.35 bits per heavy atom. The SMILES string of the molecule is O=C(NCCc1ncn[nH]1)c1ccc(Cl)cc1. The van der Waals surface area contributed by atoms with E-state index in [-0.39, 0.29) is 5.91 Å². The Kier molecular flexibility index (Phi) is 3.72. The van der Waals surface area contributed by atoms with Crippen LogP contribution in [0.2, 0.25) is 5.02 Å². The standard InChI is InChI=1S/C11H11ClN4O/c12-9-3-1-8(2-4-9)11(17)13-6-5-10-14-7-15-16-10/h1-4,7H,5-6H2,(H,13,17)(H,14,15,16). The summed E-state index contributed by atoms with van der Waals surface area (Å²) in [6.07, 6.45) is 2.07. The molecule has 0 spiro atoms. The zero-order chi connectivity index (χ0) is 12.1. The number of carbonyl (C=O) groups is 1. The molecule has 0 atom stereocenters. The maximum absolute atomic E-state index is 11.7. The van der Waals surface area contributed by atoms with Crippen molar-refractivity contribution in [2.45, 2.75) is 6.42 Å². The van der Waals surface area contributed by atoms with Crippen molar-refractivity contribution in [1.82, 2.24) is 20.5 Å². The molecule has 0 radical (unpaired) electrons. The summed E-state index contributed by atoms with van der Waals surface area (Å²) in [5.41, 5.74) is 0.590. The van der Waals surface area contributed by atoms with E-state index in [0.717, 1.165) is 5.82 Å². The first kappa shape index (κ1) is 11.6. The van der Waals surface area contributed by atoms with Gasteiger partial charge in [0.05, 0.1) is 0 Å². The lowest BCUT2D eigenvalue weighted by Gasteiger charge is -2.03. The molecule has 0 fully saturated rings. The minimum Gasteiger partial charge on any atom is -0.352 e. The van der Waals surface area contributed by atoms with Crippen molar-refractivity contribution in [3.63, 3.8) is 0 Å². The summed E-state index contributed by atoms with van der Waals surface area (Å²) in [6, 6.07) is 6.75. The van der Waals surface area contributed by atoms with Crippen LogP contribution in [0, 0.1) is 0 Å². The maximum Gasteiger partial charge on any atom is 0.251 e. The molecule has 2 rings (SSSR count). The number of benzene rings is 1. The molecule has 0 saturated carbocycles. The Hall–Kier alpha value is -1.88. The van der Waals surface area contributed by atoms with Gasteiger partial charge >= 0.3 is 0 Å². The van der Waals surface area contributed by atoms with Crippen LogP contribution in [0.25, 0.3) is 0 Å². The quantitative estimate of drug-likeness (QED) is 0.862. The highest BCUT2D eigenvalue weighted by molar-refractivity contribution is 6.30. The molecule has 2 aromatic rings. The maximum atomic E-state index is 11.7. The van der Waals surface area contributed by atoms with E-state index in [0.29, 0.717) is 23.6 Å². The van der Waals surface area contributed by atoms with Gasteiger partial charge in [-0.05, 0) is 24.3 Å². The molecule has 0 bridgehead atoms. The molecular weight excluding hydrogens is 240 g/mol. The molecular formula is C11H11ClN4O. The number of aromatic amines is 1. The first-order valence-corrected chi connectivity index (χ1v) is 5.51. The molecule has 0 unspecified atom stereocenters. The zero-order valence-corrected chi connectivity index (χ0v) is 9.74. The van der Waals surface area contributed by atoms with Gasteiger partial charge in [0.25, 0.3) is 5.91 Å². The zero-order valence-electron chi connectivity index (χ0n) is 8.98. The van der Waals surface area contributed by atoms with Crippen LogP contribution in [0.1, 0.15) is 16.2 Å². The normalized spacial score (nSPS) is 10.2. The van der Waals surface area contributed by atoms with Crippen LogP contribution in [-0.2, 0) is 6.42 Å². The summed E-state index contributed by atoms with van der Waals surface area (Å²) in [4.78, 5) is 15.6. The van der Waals surface area contributed by atoms with Crippen LogP contribution in [0.15, 0.2) is 30.6 Å². The Morgan fingerprint density at radius 3 is 2.76 bits per heavy atom. The molecule has 1 heterocycles. The van der Waals surface area contributed by atoms with Crippen molar-refractivity contribution in [3.05, 3.63) is 47.0 Å². The molecule has 1 aromatic carbocycles. The first-order valence-electron chi connectivity index (χ1n) is 5.14. The van der Waals surface area contributed by atoms with Crippen molar-refractivity contribution >= 4 is 17.5 Å². The highest BCUT2D eigenvalue weighted by Crippen LogP contribution is 2.09. The van der Waals surface area contributed by atoms with E-state index in [1.165, 1.54) is 6.33 Å². The molecule has 0 aliphatic carbocycles. The molecule has 17 heavy (non-hydrogen) atoms. The third-order valence-electron chi connectivity index (χ3n) is 2.22. The second kappa shape index (κ2) is 5.45. The predicted octanol–water partition coefficient (Wildman–Crippen LogP) is 1.43. The second-order valence-corrected chi connectivity index (χ2v) is 3.88. The molecule has 88 valence electrons. The van der Waals surface area contributed by atoms with E-state index >= 15 is 0 Å². The van der Waals surface area contributed by atoms with Crippen LogP contribution >= 0.6 is 11.6 Å². The number of aromatic nitrogens is 3. The molecule has 0 aliphatic heterocycles. The number of halogens is 1. The summed E-state index contributed by atoms with van der Waals surface area (Å²) < 4.78 is 0. The summed E-state index contributed by atoms with van der Waals surface area (Å²) in [7, 11) is 0. The van der Waals surface area contributed by atoms with Crippen LogP contribution in [0.3, 0.4) is 0 Å². The van der Waals surface area contributed by atoms with E-state index < -0.39 is 0 Å². The van der Waals surface area contributed by atoms with Crippen molar-refractivity contribution in [2.75, 3.05) is 6.54 Å². The summed E-state index contributed by atoms with van der Waals surface area (Å²) in [5, 5.41) is 9.85. The molecule has 1 aromatic heterocycles. The van der Waals surface area contributed by atoms with Gasteiger partial charge < -0.3 is 5.32 Å². The fourth-order valence-electron chi connectivity index (χ4n) is 1.35. The van der Waals surface area contributed by atoms with Gasteiger partial charge in [0.15, 0.2) is 0 Å². The van der Waals surface area contributed by atoms with Crippen LogP contribution in [0.5, 0.6) is 0 Å². The van der Waals surface area contributed by atoms with Gasteiger partial charge in [0, 0.05) is 23.6 Å². The number of amides is 1. The number of nitrogens with zero attached hydrogens (tertiary/aromatic N) is 2. The van der Waals surface area contributed by atoms with E-state index in [9.17, 15) is 4.79 Å². The van der Waals surface area contributed by atoms with Gasteiger partial charge in [-0.1, -0.05) is 11.6 Å².